The summed E-state index contributed by atoms with van der Waals surface area (Å²) in [5.41, 5.74) is 5.66. The predicted molar refractivity (Wildman–Crippen MR) is 124 cm³/mol. The first kappa shape index (κ1) is 21.5. The van der Waals surface area contributed by atoms with Crippen molar-refractivity contribution in [2.45, 2.75) is 19.8 Å². The van der Waals surface area contributed by atoms with E-state index in [1.54, 1.807) is 4.90 Å². The SMILES string of the molecule is C/C(=N\NC(=O)CCC(=O)N(c1ccccc1)c1ccccc1)c1ccc(Br)cc1. The quantitative estimate of drug-likeness (QED) is 0.374. The molecule has 0 spiro atoms. The van der Waals surface area contributed by atoms with Gasteiger partial charge in [-0.25, -0.2) is 5.43 Å². The third-order valence-corrected chi connectivity index (χ3v) is 4.98. The zero-order chi connectivity index (χ0) is 21.3. The molecule has 30 heavy (non-hydrogen) atoms. The van der Waals surface area contributed by atoms with Crippen LogP contribution in [0.5, 0.6) is 0 Å². The van der Waals surface area contributed by atoms with Gasteiger partial charge < -0.3 is 0 Å². The Hall–Kier alpha value is -3.25. The summed E-state index contributed by atoms with van der Waals surface area (Å²) in [6.45, 7) is 1.82. The summed E-state index contributed by atoms with van der Waals surface area (Å²) in [6.07, 6.45) is 0.120. The minimum absolute atomic E-state index is 0.0477. The highest BCUT2D eigenvalue weighted by molar-refractivity contribution is 9.10. The van der Waals surface area contributed by atoms with Crippen molar-refractivity contribution in [1.82, 2.24) is 5.43 Å². The van der Waals surface area contributed by atoms with Gasteiger partial charge in [-0.1, -0.05) is 64.5 Å². The van der Waals surface area contributed by atoms with E-state index in [0.29, 0.717) is 5.71 Å². The van der Waals surface area contributed by atoms with Crippen molar-refractivity contribution in [1.29, 1.82) is 0 Å². The molecule has 0 atom stereocenters. The molecule has 0 fully saturated rings. The number of amides is 2. The number of nitrogens with one attached hydrogen (secondary N) is 1. The highest BCUT2D eigenvalue weighted by Crippen LogP contribution is 2.26. The average Bonchev–Trinajstić information content (AvgIpc) is 2.78. The van der Waals surface area contributed by atoms with Crippen molar-refractivity contribution in [3.05, 3.63) is 95.0 Å². The summed E-state index contributed by atoms with van der Waals surface area (Å²) in [5, 5.41) is 4.14. The monoisotopic (exact) mass is 463 g/mol. The molecule has 0 aliphatic carbocycles. The van der Waals surface area contributed by atoms with Crippen LogP contribution in [0.2, 0.25) is 0 Å². The van der Waals surface area contributed by atoms with E-state index in [9.17, 15) is 9.59 Å². The number of rotatable bonds is 7. The van der Waals surface area contributed by atoms with Crippen molar-refractivity contribution in [3.63, 3.8) is 0 Å². The molecule has 0 aromatic heterocycles. The highest BCUT2D eigenvalue weighted by Gasteiger charge is 2.18. The van der Waals surface area contributed by atoms with Crippen molar-refractivity contribution < 1.29 is 9.59 Å². The molecule has 2 amide bonds. The molecular weight excluding hydrogens is 442 g/mol. The first-order valence-corrected chi connectivity index (χ1v) is 10.4. The Balaban J connectivity index is 1.63. The molecule has 0 aliphatic rings. The van der Waals surface area contributed by atoms with Crippen LogP contribution in [-0.2, 0) is 9.59 Å². The van der Waals surface area contributed by atoms with Crippen LogP contribution in [0.25, 0.3) is 0 Å². The number of hydrazone groups is 1. The maximum absolute atomic E-state index is 12.9. The molecule has 152 valence electrons. The lowest BCUT2D eigenvalue weighted by Crippen LogP contribution is -2.28. The van der Waals surface area contributed by atoms with Gasteiger partial charge in [0.1, 0.15) is 0 Å². The van der Waals surface area contributed by atoms with Gasteiger partial charge in [-0.05, 0) is 48.9 Å². The first-order chi connectivity index (χ1) is 14.5. The van der Waals surface area contributed by atoms with Gasteiger partial charge in [0, 0.05) is 28.7 Å². The molecule has 0 saturated heterocycles. The van der Waals surface area contributed by atoms with Crippen LogP contribution in [0.3, 0.4) is 0 Å². The van der Waals surface area contributed by atoms with Gasteiger partial charge >= 0.3 is 0 Å². The molecule has 0 radical (unpaired) electrons. The van der Waals surface area contributed by atoms with Gasteiger partial charge in [0.25, 0.3) is 0 Å². The zero-order valence-corrected chi connectivity index (χ0v) is 18.2. The van der Waals surface area contributed by atoms with Gasteiger partial charge in [0.15, 0.2) is 0 Å². The van der Waals surface area contributed by atoms with Crippen molar-refractivity contribution in [2.75, 3.05) is 4.90 Å². The van der Waals surface area contributed by atoms with Crippen LogP contribution in [0.1, 0.15) is 25.3 Å². The van der Waals surface area contributed by atoms with Crippen molar-refractivity contribution in [2.24, 2.45) is 5.10 Å². The minimum atomic E-state index is -0.305. The Morgan fingerprint density at radius 1 is 0.833 bits per heavy atom. The fourth-order valence-electron chi connectivity index (χ4n) is 2.88. The predicted octanol–water partition coefficient (Wildman–Crippen LogP) is 5.43. The molecule has 0 unspecified atom stereocenters. The molecule has 6 heteroatoms. The summed E-state index contributed by atoms with van der Waals surface area (Å²) in [4.78, 5) is 26.8. The molecule has 1 N–H and O–H groups in total. The number of carbonyl (C=O) groups is 2. The average molecular weight is 464 g/mol. The summed E-state index contributed by atoms with van der Waals surface area (Å²) in [5.74, 6) is -0.461. The van der Waals surface area contributed by atoms with E-state index in [4.69, 9.17) is 0 Å². The van der Waals surface area contributed by atoms with E-state index in [2.05, 4.69) is 26.5 Å². The van der Waals surface area contributed by atoms with Crippen LogP contribution >= 0.6 is 15.9 Å². The number of nitrogens with zero attached hydrogens (tertiary/aromatic N) is 2. The van der Waals surface area contributed by atoms with Crippen LogP contribution in [-0.4, -0.2) is 17.5 Å². The lowest BCUT2D eigenvalue weighted by Gasteiger charge is -2.23. The Labute approximate surface area is 184 Å². The number of hydrogen-bond acceptors (Lipinski definition) is 3. The lowest BCUT2D eigenvalue weighted by atomic mass is 10.1. The highest BCUT2D eigenvalue weighted by atomic mass is 79.9. The van der Waals surface area contributed by atoms with Gasteiger partial charge in [-0.2, -0.15) is 5.10 Å². The van der Waals surface area contributed by atoms with Gasteiger partial charge in [0.05, 0.1) is 5.71 Å². The van der Waals surface area contributed by atoms with Gasteiger partial charge in [0.2, 0.25) is 11.8 Å². The summed E-state index contributed by atoms with van der Waals surface area (Å²) < 4.78 is 0.975. The maximum atomic E-state index is 12.9. The number of halogens is 1. The van der Waals surface area contributed by atoms with E-state index in [1.165, 1.54) is 0 Å². The Bertz CT molecular complexity index is 980. The molecule has 0 saturated carbocycles. The van der Waals surface area contributed by atoms with Crippen LogP contribution < -0.4 is 10.3 Å². The molecule has 0 bridgehead atoms. The van der Waals surface area contributed by atoms with E-state index in [1.807, 2.05) is 91.9 Å². The third-order valence-electron chi connectivity index (χ3n) is 4.45. The topological polar surface area (TPSA) is 61.8 Å². The number of hydrogen-bond donors (Lipinski definition) is 1. The normalized spacial score (nSPS) is 11.1. The second-order valence-corrected chi connectivity index (χ2v) is 7.56. The third kappa shape index (κ3) is 5.87. The molecule has 3 rings (SSSR count). The largest absolute Gasteiger partial charge is 0.281 e. The smallest absolute Gasteiger partial charge is 0.240 e. The Morgan fingerprint density at radius 2 is 1.37 bits per heavy atom. The molecule has 0 heterocycles. The standard InChI is InChI=1S/C24H22BrN3O2/c1-18(19-12-14-20(25)15-13-19)26-27-23(29)16-17-24(30)28(21-8-4-2-5-9-21)22-10-6-3-7-11-22/h2-15H,16-17H2,1H3,(H,27,29)/b26-18+. The fraction of sp³-hybridized carbons (Fsp3) is 0.125. The molecule has 3 aromatic carbocycles. The number of para-hydroxylation sites is 2. The maximum Gasteiger partial charge on any atom is 0.240 e. The lowest BCUT2D eigenvalue weighted by molar-refractivity contribution is -0.124. The van der Waals surface area contributed by atoms with Crippen molar-refractivity contribution in [3.8, 4) is 0 Å². The van der Waals surface area contributed by atoms with Crippen molar-refractivity contribution >= 4 is 44.8 Å². The summed E-state index contributed by atoms with van der Waals surface area (Å²) in [7, 11) is 0. The Morgan fingerprint density at radius 3 is 1.90 bits per heavy atom. The van der Waals surface area contributed by atoms with E-state index in [-0.39, 0.29) is 24.7 Å². The number of carbonyl (C=O) groups excluding carboxylic acids is 2. The number of anilines is 2. The molecular formula is C24H22BrN3O2. The van der Waals surface area contributed by atoms with E-state index in [0.717, 1.165) is 21.4 Å². The second kappa shape index (κ2) is 10.5. The first-order valence-electron chi connectivity index (χ1n) is 9.57. The van der Waals surface area contributed by atoms with Gasteiger partial charge in [-0.15, -0.1) is 0 Å². The molecule has 3 aromatic rings. The summed E-state index contributed by atoms with van der Waals surface area (Å²) in [6, 6.07) is 26.5. The minimum Gasteiger partial charge on any atom is -0.281 e. The fourth-order valence-corrected chi connectivity index (χ4v) is 3.15. The van der Waals surface area contributed by atoms with Crippen LogP contribution in [0, 0.1) is 0 Å². The number of benzene rings is 3. The molecule has 5 nitrogen and oxygen atoms in total. The Kier molecular flexibility index (Phi) is 7.51. The van der Waals surface area contributed by atoms with E-state index >= 15 is 0 Å². The molecule has 0 aliphatic heterocycles. The summed E-state index contributed by atoms with van der Waals surface area (Å²) >= 11 is 3.39. The van der Waals surface area contributed by atoms with Crippen LogP contribution in [0.4, 0.5) is 11.4 Å². The van der Waals surface area contributed by atoms with Gasteiger partial charge in [-0.3, -0.25) is 14.5 Å². The van der Waals surface area contributed by atoms with E-state index < -0.39 is 0 Å². The zero-order valence-electron chi connectivity index (χ0n) is 16.6. The second-order valence-electron chi connectivity index (χ2n) is 6.64. The van der Waals surface area contributed by atoms with Crippen LogP contribution in [0.15, 0.2) is 94.5 Å².